The summed E-state index contributed by atoms with van der Waals surface area (Å²) >= 11 is 5.66. The van der Waals surface area contributed by atoms with E-state index in [1.165, 1.54) is 18.1 Å². The predicted octanol–water partition coefficient (Wildman–Crippen LogP) is 0.468. The van der Waals surface area contributed by atoms with Crippen LogP contribution in [-0.2, 0) is 0 Å². The van der Waals surface area contributed by atoms with Gasteiger partial charge in [0.15, 0.2) is 0 Å². The second-order valence-electron chi connectivity index (χ2n) is 2.96. The summed E-state index contributed by atoms with van der Waals surface area (Å²) in [7, 11) is 1.85. The van der Waals surface area contributed by atoms with Gasteiger partial charge in [0.05, 0.1) is 30.1 Å². The van der Waals surface area contributed by atoms with Gasteiger partial charge in [0, 0.05) is 18.6 Å². The molecule has 0 saturated heterocycles. The lowest BCUT2D eigenvalue weighted by Crippen LogP contribution is -2.16. The zero-order chi connectivity index (χ0) is 13.1. The number of aliphatic imine (C=N–C) groups is 1. The predicted molar refractivity (Wildman–Crippen MR) is 79.1 cm³/mol. The smallest absolute Gasteiger partial charge is 0.0869 e. The van der Waals surface area contributed by atoms with Gasteiger partial charge in [-0.3, -0.25) is 4.99 Å². The quantitative estimate of drug-likeness (QED) is 0.146. The van der Waals surface area contributed by atoms with Crippen molar-refractivity contribution < 1.29 is 5.11 Å². The Kier molecular flexibility index (Phi) is 10.1. The molecule has 0 amide bonds. The fourth-order valence-electron chi connectivity index (χ4n) is 0.984. The lowest BCUT2D eigenvalue weighted by Gasteiger charge is -2.13. The molecule has 0 aliphatic carbocycles. The molecule has 0 fully saturated rings. The van der Waals surface area contributed by atoms with Crippen LogP contribution in [0, 0.1) is 0 Å². The van der Waals surface area contributed by atoms with E-state index < -0.39 is 0 Å². The third-order valence-corrected chi connectivity index (χ3v) is 3.10. The number of allylic oxidation sites excluding steroid dienone is 1. The molecule has 5 nitrogen and oxygen atoms in total. The number of aliphatic hydroxyl groups is 1. The van der Waals surface area contributed by atoms with E-state index in [1.807, 2.05) is 14.0 Å². The Labute approximate surface area is 112 Å². The molecule has 0 unspecified atom stereocenters. The first-order valence-corrected chi connectivity index (χ1v) is 6.63. The van der Waals surface area contributed by atoms with Crippen LogP contribution in [0.1, 0.15) is 6.92 Å². The minimum Gasteiger partial charge on any atom is -0.394 e. The van der Waals surface area contributed by atoms with Crippen molar-refractivity contribution in [1.29, 1.82) is 0 Å². The summed E-state index contributed by atoms with van der Waals surface area (Å²) < 4.78 is 0. The number of aliphatic hydroxyl groups excluding tert-OH is 1. The highest BCUT2D eigenvalue weighted by molar-refractivity contribution is 8.03. The number of nitrogens with zero attached hydrogens (tertiary/aromatic N) is 1. The van der Waals surface area contributed by atoms with Gasteiger partial charge in [-0.15, -0.1) is 24.4 Å². The number of rotatable bonds is 8. The first-order chi connectivity index (χ1) is 8.21. The van der Waals surface area contributed by atoms with Gasteiger partial charge in [0.25, 0.3) is 0 Å². The lowest BCUT2D eigenvalue weighted by atomic mass is 10.3. The molecule has 0 aromatic carbocycles. The van der Waals surface area contributed by atoms with Crippen molar-refractivity contribution in [2.75, 3.05) is 26.1 Å². The topological polar surface area (TPSA) is 82.7 Å². The maximum absolute atomic E-state index is 8.60. The summed E-state index contributed by atoms with van der Waals surface area (Å²) in [6.07, 6.45) is 1.54. The van der Waals surface area contributed by atoms with E-state index in [0.717, 1.165) is 16.3 Å². The van der Waals surface area contributed by atoms with Gasteiger partial charge in [0.2, 0.25) is 0 Å². The Balaban J connectivity index is 4.71. The molecule has 0 aromatic heterocycles. The van der Waals surface area contributed by atoms with Crippen LogP contribution in [0.2, 0.25) is 0 Å². The second kappa shape index (κ2) is 10.5. The molecule has 0 radical (unpaired) electrons. The normalized spacial score (nSPS) is 13.8. The van der Waals surface area contributed by atoms with Crippen molar-refractivity contribution in [1.82, 2.24) is 10.6 Å². The highest BCUT2D eigenvalue weighted by Gasteiger charge is 2.07. The Bertz CT molecular complexity index is 303. The van der Waals surface area contributed by atoms with E-state index in [1.54, 1.807) is 5.41 Å². The largest absolute Gasteiger partial charge is 0.394 e. The van der Waals surface area contributed by atoms with E-state index in [-0.39, 0.29) is 6.61 Å². The highest BCUT2D eigenvalue weighted by Crippen LogP contribution is 2.23. The number of hydrogen-bond donors (Lipinski definition) is 5. The van der Waals surface area contributed by atoms with E-state index in [4.69, 9.17) is 10.8 Å². The second-order valence-corrected chi connectivity index (χ2v) is 4.25. The Morgan fingerprint density at radius 1 is 1.59 bits per heavy atom. The number of hydrogen-bond acceptors (Lipinski definition) is 6. The monoisotopic (exact) mass is 276 g/mol. The third kappa shape index (κ3) is 6.62. The summed E-state index contributed by atoms with van der Waals surface area (Å²) in [5.41, 5.74) is 7.37. The summed E-state index contributed by atoms with van der Waals surface area (Å²) in [6, 6.07) is 0. The molecule has 7 heteroatoms. The van der Waals surface area contributed by atoms with Crippen LogP contribution in [0.3, 0.4) is 0 Å². The highest BCUT2D eigenvalue weighted by atomic mass is 32.2. The Morgan fingerprint density at radius 2 is 2.29 bits per heavy atom. The number of thiol groups is 1. The molecule has 0 rings (SSSR count). The summed E-state index contributed by atoms with van der Waals surface area (Å²) in [6.45, 7) is 2.37. The fourth-order valence-corrected chi connectivity index (χ4v) is 2.03. The van der Waals surface area contributed by atoms with Crippen molar-refractivity contribution >= 4 is 30.7 Å². The SMILES string of the molecule is CN/C(C)=C(SCN)/C(=C/S)NC=NCCO. The molecule has 0 bridgehead atoms. The standard InChI is InChI=1S/C10H20N4OS2/c1-8(12-2)10(17-6-11)9(5-16)14-7-13-3-4-15/h5,7,12,15-16H,3-4,6,11H2,1-2H3,(H,13,14)/b9-5-,10-8-. The minimum absolute atomic E-state index is 0.0356. The van der Waals surface area contributed by atoms with Crippen LogP contribution in [0.15, 0.2) is 26.7 Å². The van der Waals surface area contributed by atoms with Gasteiger partial charge in [-0.2, -0.15) is 0 Å². The van der Waals surface area contributed by atoms with Gasteiger partial charge in [-0.05, 0) is 12.3 Å². The van der Waals surface area contributed by atoms with Crippen LogP contribution in [0.4, 0.5) is 0 Å². The van der Waals surface area contributed by atoms with Gasteiger partial charge >= 0.3 is 0 Å². The maximum atomic E-state index is 8.60. The van der Waals surface area contributed by atoms with Crippen LogP contribution >= 0.6 is 24.4 Å². The molecule has 0 spiro atoms. The van der Waals surface area contributed by atoms with Crippen molar-refractivity contribution in [2.24, 2.45) is 10.7 Å². The Morgan fingerprint density at radius 3 is 2.76 bits per heavy atom. The Hall–Kier alpha value is -0.630. The van der Waals surface area contributed by atoms with E-state index in [9.17, 15) is 0 Å². The van der Waals surface area contributed by atoms with Crippen LogP contribution in [0.5, 0.6) is 0 Å². The number of nitrogens with two attached hydrogens (primary N) is 1. The number of nitrogens with one attached hydrogen (secondary N) is 2. The van der Waals surface area contributed by atoms with Gasteiger partial charge < -0.3 is 21.5 Å². The average molecular weight is 276 g/mol. The molecule has 0 heterocycles. The van der Waals surface area contributed by atoms with E-state index in [2.05, 4.69) is 28.3 Å². The summed E-state index contributed by atoms with van der Waals surface area (Å²) in [5.74, 6) is 0.481. The molecule has 98 valence electrons. The van der Waals surface area contributed by atoms with Crippen molar-refractivity contribution in [3.8, 4) is 0 Å². The van der Waals surface area contributed by atoms with Crippen molar-refractivity contribution in [3.63, 3.8) is 0 Å². The van der Waals surface area contributed by atoms with Crippen molar-refractivity contribution in [2.45, 2.75) is 6.92 Å². The zero-order valence-corrected chi connectivity index (χ0v) is 11.8. The maximum Gasteiger partial charge on any atom is 0.0869 e. The molecule has 0 aliphatic rings. The molecular weight excluding hydrogens is 256 g/mol. The molecule has 0 aliphatic heterocycles. The van der Waals surface area contributed by atoms with Gasteiger partial charge in [-0.1, -0.05) is 0 Å². The molecule has 5 N–H and O–H groups in total. The molecular formula is C10H20N4OS2. The number of thioether (sulfide) groups is 1. The third-order valence-electron chi connectivity index (χ3n) is 1.86. The zero-order valence-electron chi connectivity index (χ0n) is 10.1. The first-order valence-electron chi connectivity index (χ1n) is 5.13. The molecule has 0 saturated carbocycles. The fraction of sp³-hybridized carbons (Fsp3) is 0.500. The van der Waals surface area contributed by atoms with Gasteiger partial charge in [0.1, 0.15) is 0 Å². The van der Waals surface area contributed by atoms with E-state index in [0.29, 0.717) is 12.4 Å². The molecule has 0 aromatic rings. The minimum atomic E-state index is 0.0356. The van der Waals surface area contributed by atoms with Crippen molar-refractivity contribution in [3.05, 3.63) is 21.7 Å². The van der Waals surface area contributed by atoms with Crippen LogP contribution < -0.4 is 16.4 Å². The average Bonchev–Trinajstić information content (AvgIpc) is 2.36. The van der Waals surface area contributed by atoms with Gasteiger partial charge in [-0.25, -0.2) is 0 Å². The summed E-state index contributed by atoms with van der Waals surface area (Å²) in [4.78, 5) is 4.95. The molecule has 0 atom stereocenters. The van der Waals surface area contributed by atoms with Crippen LogP contribution in [0.25, 0.3) is 0 Å². The van der Waals surface area contributed by atoms with E-state index >= 15 is 0 Å². The van der Waals surface area contributed by atoms with Crippen LogP contribution in [-0.4, -0.2) is 37.5 Å². The molecule has 17 heavy (non-hydrogen) atoms. The summed E-state index contributed by atoms with van der Waals surface area (Å²) in [5, 5.41) is 16.3. The first kappa shape index (κ1) is 16.4. The lowest BCUT2D eigenvalue weighted by molar-refractivity contribution is 0.307.